The normalized spacial score (nSPS) is 8.64. The highest BCUT2D eigenvalue weighted by Crippen LogP contribution is 1.99. The number of nitrogens with zero attached hydrogens (tertiary/aromatic N) is 1. The molecule has 0 bridgehead atoms. The van der Waals surface area contributed by atoms with Gasteiger partial charge in [-0.3, -0.25) is 9.78 Å². The molecular formula is C8H6N2O. The number of primary amides is 1. The number of carbonyl (C=O) groups excluding carboxylic acids is 1. The van der Waals surface area contributed by atoms with E-state index in [-0.39, 0.29) is 0 Å². The minimum absolute atomic E-state index is 0.334. The zero-order valence-corrected chi connectivity index (χ0v) is 5.74. The van der Waals surface area contributed by atoms with Crippen molar-refractivity contribution in [2.45, 2.75) is 0 Å². The van der Waals surface area contributed by atoms with Crippen LogP contribution in [0.4, 0.5) is 0 Å². The van der Waals surface area contributed by atoms with Crippen LogP contribution in [0.25, 0.3) is 0 Å². The zero-order chi connectivity index (χ0) is 8.27. The van der Waals surface area contributed by atoms with Crippen LogP contribution >= 0.6 is 0 Å². The third-order valence-corrected chi connectivity index (χ3v) is 1.19. The van der Waals surface area contributed by atoms with E-state index in [0.29, 0.717) is 11.1 Å². The van der Waals surface area contributed by atoms with Gasteiger partial charge in [0.2, 0.25) is 5.91 Å². The molecule has 1 amide bonds. The maximum absolute atomic E-state index is 10.6. The number of terminal acetylenes is 1. The van der Waals surface area contributed by atoms with E-state index in [9.17, 15) is 4.79 Å². The molecule has 0 aliphatic heterocycles. The second kappa shape index (κ2) is 2.84. The van der Waals surface area contributed by atoms with Gasteiger partial charge in [0, 0.05) is 18.0 Å². The van der Waals surface area contributed by atoms with E-state index in [0.717, 1.165) is 0 Å². The van der Waals surface area contributed by atoms with Gasteiger partial charge in [-0.1, -0.05) is 5.92 Å². The number of hydrogen-bond donors (Lipinski definition) is 1. The van der Waals surface area contributed by atoms with Crippen LogP contribution in [0.3, 0.4) is 0 Å². The monoisotopic (exact) mass is 146 g/mol. The van der Waals surface area contributed by atoms with Crippen LogP contribution in [-0.4, -0.2) is 10.9 Å². The summed E-state index contributed by atoms with van der Waals surface area (Å²) < 4.78 is 0. The highest BCUT2D eigenvalue weighted by atomic mass is 16.1. The summed E-state index contributed by atoms with van der Waals surface area (Å²) in [5.41, 5.74) is 5.88. The van der Waals surface area contributed by atoms with E-state index < -0.39 is 5.91 Å². The van der Waals surface area contributed by atoms with Gasteiger partial charge in [0.1, 0.15) is 0 Å². The lowest BCUT2D eigenvalue weighted by molar-refractivity contribution is 0.1000. The van der Waals surface area contributed by atoms with E-state index in [1.54, 1.807) is 0 Å². The van der Waals surface area contributed by atoms with Crippen molar-refractivity contribution in [3.63, 3.8) is 0 Å². The lowest BCUT2D eigenvalue weighted by Gasteiger charge is -1.93. The average molecular weight is 146 g/mol. The van der Waals surface area contributed by atoms with Gasteiger partial charge in [0.25, 0.3) is 0 Å². The van der Waals surface area contributed by atoms with Crippen molar-refractivity contribution in [1.82, 2.24) is 4.98 Å². The van der Waals surface area contributed by atoms with E-state index in [1.807, 2.05) is 0 Å². The van der Waals surface area contributed by atoms with Crippen LogP contribution in [0.2, 0.25) is 0 Å². The Labute approximate surface area is 64.2 Å². The maximum Gasteiger partial charge on any atom is 0.250 e. The Morgan fingerprint density at radius 3 is 2.91 bits per heavy atom. The lowest BCUT2D eigenvalue weighted by atomic mass is 10.2. The first kappa shape index (κ1) is 7.29. The van der Waals surface area contributed by atoms with E-state index >= 15 is 0 Å². The van der Waals surface area contributed by atoms with Gasteiger partial charge >= 0.3 is 0 Å². The molecule has 0 saturated heterocycles. The summed E-state index contributed by atoms with van der Waals surface area (Å²) in [6, 6.07) is 1.52. The standard InChI is InChI=1S/C8H6N2O/c1-2-6-3-7(8(9)11)5-10-4-6/h1,3-5H,(H2,9,11). The topological polar surface area (TPSA) is 56.0 Å². The summed E-state index contributed by atoms with van der Waals surface area (Å²) in [4.78, 5) is 14.3. The summed E-state index contributed by atoms with van der Waals surface area (Å²) in [7, 11) is 0. The quantitative estimate of drug-likeness (QED) is 0.574. The summed E-state index contributed by atoms with van der Waals surface area (Å²) in [5.74, 6) is 1.83. The molecule has 0 spiro atoms. The molecule has 3 nitrogen and oxygen atoms in total. The van der Waals surface area contributed by atoms with Crippen molar-refractivity contribution in [2.24, 2.45) is 5.73 Å². The van der Waals surface area contributed by atoms with Crippen molar-refractivity contribution < 1.29 is 4.79 Å². The van der Waals surface area contributed by atoms with Gasteiger partial charge < -0.3 is 5.73 Å². The number of pyridine rings is 1. The summed E-state index contributed by atoms with van der Waals surface area (Å²) in [6.07, 6.45) is 7.95. The van der Waals surface area contributed by atoms with Gasteiger partial charge in [-0.05, 0) is 6.07 Å². The molecule has 0 aliphatic carbocycles. The predicted molar refractivity (Wildman–Crippen MR) is 40.7 cm³/mol. The van der Waals surface area contributed by atoms with Crippen LogP contribution in [-0.2, 0) is 0 Å². The third kappa shape index (κ3) is 1.55. The second-order valence-corrected chi connectivity index (χ2v) is 1.97. The Bertz CT molecular complexity index is 325. The number of rotatable bonds is 1. The van der Waals surface area contributed by atoms with Gasteiger partial charge in [-0.2, -0.15) is 0 Å². The number of hydrogen-bond acceptors (Lipinski definition) is 2. The van der Waals surface area contributed by atoms with Crippen molar-refractivity contribution >= 4 is 5.91 Å². The zero-order valence-electron chi connectivity index (χ0n) is 5.74. The van der Waals surface area contributed by atoms with Gasteiger partial charge in [-0.15, -0.1) is 6.42 Å². The maximum atomic E-state index is 10.6. The highest BCUT2D eigenvalue weighted by Gasteiger charge is 1.99. The number of nitrogens with two attached hydrogens (primary N) is 1. The van der Waals surface area contributed by atoms with Gasteiger partial charge in [0.05, 0.1) is 5.56 Å². The highest BCUT2D eigenvalue weighted by molar-refractivity contribution is 5.92. The fraction of sp³-hybridized carbons (Fsp3) is 0. The molecule has 0 unspecified atom stereocenters. The van der Waals surface area contributed by atoms with Crippen LogP contribution < -0.4 is 5.73 Å². The molecule has 1 heterocycles. The molecule has 0 saturated carbocycles. The average Bonchev–Trinajstić information content (AvgIpc) is 2.05. The first-order valence-corrected chi connectivity index (χ1v) is 2.95. The molecule has 1 aromatic rings. The Morgan fingerprint density at radius 2 is 2.36 bits per heavy atom. The molecule has 1 aromatic heterocycles. The summed E-state index contributed by atoms with van der Waals surface area (Å²) in [6.45, 7) is 0. The van der Waals surface area contributed by atoms with Crippen molar-refractivity contribution in [3.8, 4) is 12.3 Å². The molecule has 11 heavy (non-hydrogen) atoms. The van der Waals surface area contributed by atoms with Crippen LogP contribution in [0.1, 0.15) is 15.9 Å². The SMILES string of the molecule is C#Cc1cncc(C(N)=O)c1. The van der Waals surface area contributed by atoms with Crippen LogP contribution in [0.5, 0.6) is 0 Å². The Balaban J connectivity index is 3.13. The Hall–Kier alpha value is -1.82. The molecule has 0 aliphatic rings. The largest absolute Gasteiger partial charge is 0.366 e. The lowest BCUT2D eigenvalue weighted by Crippen LogP contribution is -2.11. The second-order valence-electron chi connectivity index (χ2n) is 1.97. The smallest absolute Gasteiger partial charge is 0.250 e. The fourth-order valence-electron chi connectivity index (χ4n) is 0.654. The van der Waals surface area contributed by atoms with Crippen molar-refractivity contribution in [1.29, 1.82) is 0 Å². The molecule has 1 rings (SSSR count). The van der Waals surface area contributed by atoms with Crippen LogP contribution in [0.15, 0.2) is 18.5 Å². The minimum atomic E-state index is -0.519. The Kier molecular flexibility index (Phi) is 1.88. The Morgan fingerprint density at radius 1 is 1.64 bits per heavy atom. The van der Waals surface area contributed by atoms with E-state index in [1.165, 1.54) is 18.5 Å². The third-order valence-electron chi connectivity index (χ3n) is 1.19. The van der Waals surface area contributed by atoms with Crippen molar-refractivity contribution in [2.75, 3.05) is 0 Å². The number of amides is 1. The van der Waals surface area contributed by atoms with E-state index in [4.69, 9.17) is 12.2 Å². The fourth-order valence-corrected chi connectivity index (χ4v) is 0.654. The summed E-state index contributed by atoms with van der Waals surface area (Å²) >= 11 is 0. The first-order valence-electron chi connectivity index (χ1n) is 2.95. The molecule has 3 heteroatoms. The molecule has 0 radical (unpaired) electrons. The van der Waals surface area contributed by atoms with E-state index in [2.05, 4.69) is 10.9 Å². The van der Waals surface area contributed by atoms with Crippen LogP contribution in [0, 0.1) is 12.3 Å². The molecule has 0 fully saturated rings. The first-order chi connectivity index (χ1) is 5.24. The minimum Gasteiger partial charge on any atom is -0.366 e. The van der Waals surface area contributed by atoms with Crippen molar-refractivity contribution in [3.05, 3.63) is 29.6 Å². The summed E-state index contributed by atoms with van der Waals surface area (Å²) in [5, 5.41) is 0. The number of carbonyl (C=O) groups is 1. The molecule has 0 aromatic carbocycles. The molecule has 54 valence electrons. The molecule has 0 atom stereocenters. The molecule has 2 N–H and O–H groups in total. The number of aromatic nitrogens is 1. The van der Waals surface area contributed by atoms with Gasteiger partial charge in [-0.25, -0.2) is 0 Å². The molecular weight excluding hydrogens is 140 g/mol. The predicted octanol–water partition coefficient (Wildman–Crippen LogP) is 0.162. The van der Waals surface area contributed by atoms with Gasteiger partial charge in [0.15, 0.2) is 0 Å².